The van der Waals surface area contributed by atoms with Crippen LogP contribution in [0.2, 0.25) is 0 Å². The Balaban J connectivity index is 2.52. The standard InChI is InChI=1S/C21H24N/c1-13-7-8-19-18(10-13)12-16(4)22(6)21(19)20-11-14(2)9-15(3)17(20)5/h7-12H,1-6H3/q+1/i12D. The lowest BCUT2D eigenvalue weighted by molar-refractivity contribution is -0.665. The minimum Gasteiger partial charge on any atom is -0.198 e. The largest absolute Gasteiger partial charge is 0.220 e. The normalized spacial score (nSPS) is 11.8. The summed E-state index contributed by atoms with van der Waals surface area (Å²) < 4.78 is 10.7. The van der Waals surface area contributed by atoms with Crippen molar-refractivity contribution < 1.29 is 5.94 Å². The smallest absolute Gasteiger partial charge is 0.198 e. The lowest BCUT2D eigenvalue weighted by atomic mass is 9.94. The van der Waals surface area contributed by atoms with Gasteiger partial charge >= 0.3 is 0 Å². The second-order valence-electron chi connectivity index (χ2n) is 6.42. The number of rotatable bonds is 1. The predicted molar refractivity (Wildman–Crippen MR) is 94.2 cm³/mol. The van der Waals surface area contributed by atoms with Crippen LogP contribution in [0.15, 0.2) is 36.4 Å². The Labute approximate surface area is 134 Å². The molecule has 0 saturated heterocycles. The van der Waals surface area contributed by atoms with Gasteiger partial charge in [-0.2, -0.15) is 4.57 Å². The Morgan fingerprint density at radius 3 is 2.36 bits per heavy atom. The zero-order valence-electron chi connectivity index (χ0n) is 15.3. The summed E-state index contributed by atoms with van der Waals surface area (Å²) in [6, 6.07) is 11.5. The first-order valence-electron chi connectivity index (χ1n) is 8.29. The first-order valence-corrected chi connectivity index (χ1v) is 7.79. The summed E-state index contributed by atoms with van der Waals surface area (Å²) in [4.78, 5) is 0. The zero-order chi connectivity index (χ0) is 16.9. The molecule has 0 unspecified atom stereocenters. The molecule has 22 heavy (non-hydrogen) atoms. The number of hydrogen-bond donors (Lipinski definition) is 0. The van der Waals surface area contributed by atoms with Gasteiger partial charge in [0.15, 0.2) is 5.69 Å². The summed E-state index contributed by atoms with van der Waals surface area (Å²) in [6.45, 7) is 10.6. The maximum atomic E-state index is 8.50. The van der Waals surface area contributed by atoms with Gasteiger partial charge in [-0.25, -0.2) is 0 Å². The van der Waals surface area contributed by atoms with Crippen LogP contribution < -0.4 is 4.57 Å². The minimum absolute atomic E-state index is 0.622. The van der Waals surface area contributed by atoms with Crippen molar-refractivity contribution in [1.82, 2.24) is 0 Å². The average Bonchev–Trinajstić information content (AvgIpc) is 2.50. The lowest BCUT2D eigenvalue weighted by Crippen LogP contribution is -2.35. The van der Waals surface area contributed by atoms with Crippen LogP contribution in [0.3, 0.4) is 0 Å². The second kappa shape index (κ2) is 5.24. The Morgan fingerprint density at radius 2 is 1.64 bits per heavy atom. The van der Waals surface area contributed by atoms with Crippen LogP contribution in [0, 0.1) is 34.6 Å². The molecule has 112 valence electrons. The number of aryl methyl sites for hydroxylation is 3. The third-order valence-electron chi connectivity index (χ3n) is 4.65. The molecule has 0 N–H and O–H groups in total. The van der Waals surface area contributed by atoms with Crippen LogP contribution in [0.4, 0.5) is 0 Å². The van der Waals surface area contributed by atoms with Crippen LogP contribution in [-0.2, 0) is 7.05 Å². The van der Waals surface area contributed by atoms with Gasteiger partial charge in [-0.05, 0) is 56.3 Å². The minimum atomic E-state index is 0.622. The molecule has 3 aromatic rings. The molecule has 3 rings (SSSR count). The van der Waals surface area contributed by atoms with Crippen molar-refractivity contribution in [2.24, 2.45) is 7.05 Å². The number of aromatic nitrogens is 1. The Morgan fingerprint density at radius 1 is 0.909 bits per heavy atom. The van der Waals surface area contributed by atoms with Crippen molar-refractivity contribution in [3.05, 3.63) is 64.3 Å². The third-order valence-corrected chi connectivity index (χ3v) is 4.65. The van der Waals surface area contributed by atoms with Crippen LogP contribution >= 0.6 is 0 Å². The quantitative estimate of drug-likeness (QED) is 0.563. The molecule has 0 saturated carbocycles. The molecular formula is C21H24N+. The van der Waals surface area contributed by atoms with E-state index in [2.05, 4.69) is 69.6 Å². The van der Waals surface area contributed by atoms with Crippen molar-refractivity contribution in [3.8, 4) is 11.3 Å². The van der Waals surface area contributed by atoms with Gasteiger partial charge in [-0.1, -0.05) is 29.3 Å². The lowest BCUT2D eigenvalue weighted by Gasteiger charge is -2.13. The number of hydrogen-bond acceptors (Lipinski definition) is 0. The first-order chi connectivity index (χ1) is 10.8. The van der Waals surface area contributed by atoms with Crippen molar-refractivity contribution >= 4 is 10.8 Å². The molecule has 0 aliphatic rings. The van der Waals surface area contributed by atoms with Crippen LogP contribution in [-0.4, -0.2) is 0 Å². The van der Waals surface area contributed by atoms with Gasteiger partial charge in [0.25, 0.3) is 0 Å². The predicted octanol–water partition coefficient (Wildman–Crippen LogP) is 4.87. The molecule has 0 radical (unpaired) electrons. The van der Waals surface area contributed by atoms with Gasteiger partial charge in [-0.15, -0.1) is 0 Å². The molecular weight excluding hydrogens is 266 g/mol. The van der Waals surface area contributed by atoms with E-state index in [0.717, 1.165) is 16.5 Å². The van der Waals surface area contributed by atoms with Gasteiger partial charge in [-0.3, -0.25) is 0 Å². The maximum Gasteiger partial charge on any atom is 0.220 e. The molecule has 1 heterocycles. The van der Waals surface area contributed by atoms with Crippen LogP contribution in [0.25, 0.3) is 22.0 Å². The number of fused-ring (bicyclic) bond motifs is 1. The van der Waals surface area contributed by atoms with Crippen LogP contribution in [0.1, 0.15) is 29.3 Å². The fourth-order valence-corrected chi connectivity index (χ4v) is 3.21. The Bertz CT molecular complexity index is 939. The van der Waals surface area contributed by atoms with Gasteiger partial charge < -0.3 is 0 Å². The van der Waals surface area contributed by atoms with E-state index < -0.39 is 0 Å². The summed E-state index contributed by atoms with van der Waals surface area (Å²) in [7, 11) is 2.07. The van der Waals surface area contributed by atoms with Crippen molar-refractivity contribution in [1.29, 1.82) is 0 Å². The monoisotopic (exact) mass is 291 g/mol. The highest BCUT2D eigenvalue weighted by Gasteiger charge is 2.20. The van der Waals surface area contributed by atoms with Gasteiger partial charge in [0.1, 0.15) is 7.05 Å². The molecule has 2 aromatic carbocycles. The molecule has 1 aromatic heterocycles. The summed E-state index contributed by atoms with van der Waals surface area (Å²) in [5.41, 5.74) is 8.56. The van der Waals surface area contributed by atoms with E-state index in [-0.39, 0.29) is 0 Å². The molecule has 1 nitrogen and oxygen atoms in total. The van der Waals surface area contributed by atoms with E-state index in [1.807, 2.05) is 6.92 Å². The third kappa shape index (κ3) is 2.31. The van der Waals surface area contributed by atoms with Gasteiger partial charge in [0, 0.05) is 13.0 Å². The van der Waals surface area contributed by atoms with E-state index in [4.69, 9.17) is 1.37 Å². The maximum absolute atomic E-state index is 8.50. The van der Waals surface area contributed by atoms with Crippen molar-refractivity contribution in [2.45, 2.75) is 34.6 Å². The summed E-state index contributed by atoms with van der Waals surface area (Å²) in [6.07, 6.45) is 0. The van der Waals surface area contributed by atoms with E-state index in [1.165, 1.54) is 33.5 Å². The van der Waals surface area contributed by atoms with Gasteiger partial charge in [0.2, 0.25) is 5.69 Å². The zero-order valence-corrected chi connectivity index (χ0v) is 14.3. The second-order valence-corrected chi connectivity index (χ2v) is 6.42. The summed E-state index contributed by atoms with van der Waals surface area (Å²) in [5, 5.41) is 2.19. The number of nitrogens with zero attached hydrogens (tertiary/aromatic N) is 1. The molecule has 0 fully saturated rings. The van der Waals surface area contributed by atoms with Crippen LogP contribution in [0.5, 0.6) is 0 Å². The molecule has 0 atom stereocenters. The van der Waals surface area contributed by atoms with E-state index in [9.17, 15) is 0 Å². The van der Waals surface area contributed by atoms with Crippen molar-refractivity contribution in [2.75, 3.05) is 0 Å². The number of pyridine rings is 1. The highest BCUT2D eigenvalue weighted by Crippen LogP contribution is 2.31. The molecule has 0 bridgehead atoms. The topological polar surface area (TPSA) is 3.88 Å². The van der Waals surface area contributed by atoms with Gasteiger partial charge in [0.05, 0.1) is 12.3 Å². The highest BCUT2D eigenvalue weighted by molar-refractivity contribution is 5.94. The number of benzene rings is 2. The molecule has 1 heteroatoms. The summed E-state index contributed by atoms with van der Waals surface area (Å²) in [5.74, 6) is 0. The molecule has 0 spiro atoms. The fraction of sp³-hybridized carbons (Fsp3) is 0.286. The van der Waals surface area contributed by atoms with E-state index in [1.54, 1.807) is 0 Å². The Hall–Kier alpha value is -2.15. The summed E-state index contributed by atoms with van der Waals surface area (Å²) >= 11 is 0. The highest BCUT2D eigenvalue weighted by atomic mass is 14.9. The Kier molecular flexibility index (Phi) is 3.22. The fourth-order valence-electron chi connectivity index (χ4n) is 3.21. The first kappa shape index (κ1) is 13.5. The SMILES string of the molecule is [2H]c1c(C)[n+](C)c(-c2cc(C)cc(C)c2C)c2ccc(C)cc12. The van der Waals surface area contributed by atoms with E-state index in [0.29, 0.717) is 6.04 Å². The van der Waals surface area contributed by atoms with Crippen molar-refractivity contribution in [3.63, 3.8) is 0 Å². The van der Waals surface area contributed by atoms with E-state index >= 15 is 0 Å². The molecule has 0 aliphatic heterocycles. The molecule has 0 aliphatic carbocycles. The average molecular weight is 291 g/mol. The molecule has 0 amide bonds.